The number of para-hydroxylation sites is 1. The third-order valence-corrected chi connectivity index (χ3v) is 5.24. The number of rotatable bonds is 8. The number of benzene rings is 2. The average molecular weight is 390 g/mol. The average Bonchev–Trinajstić information content (AvgIpc) is 2.67. The van der Waals surface area contributed by atoms with Crippen molar-refractivity contribution in [3.63, 3.8) is 0 Å². The number of hydrogen-bond acceptors (Lipinski definition) is 4. The number of hydrogen-bond donors (Lipinski definition) is 1. The molecule has 28 heavy (non-hydrogen) atoms. The number of halogens is 2. The molecule has 0 unspecified atom stereocenters. The van der Waals surface area contributed by atoms with Gasteiger partial charge in [-0.3, -0.25) is 9.80 Å². The molecule has 2 aromatic rings. The quantitative estimate of drug-likeness (QED) is 0.746. The molecule has 0 bridgehead atoms. The first-order chi connectivity index (χ1) is 13.5. The Morgan fingerprint density at radius 1 is 1.07 bits per heavy atom. The summed E-state index contributed by atoms with van der Waals surface area (Å²) < 4.78 is 30.0. The third-order valence-electron chi connectivity index (χ3n) is 5.24. The van der Waals surface area contributed by atoms with Crippen LogP contribution < -0.4 is 4.74 Å². The normalized spacial score (nSPS) is 18.5. The molecule has 0 saturated carbocycles. The Labute approximate surface area is 165 Å². The van der Waals surface area contributed by atoms with Crippen LogP contribution in [0.4, 0.5) is 8.78 Å². The first-order valence-corrected chi connectivity index (χ1v) is 9.70. The lowest BCUT2D eigenvalue weighted by molar-refractivity contribution is -0.0510. The van der Waals surface area contributed by atoms with Crippen molar-refractivity contribution >= 4 is 0 Å². The van der Waals surface area contributed by atoms with E-state index in [0.717, 1.165) is 31.7 Å². The van der Waals surface area contributed by atoms with Gasteiger partial charge in [0.1, 0.15) is 5.75 Å². The van der Waals surface area contributed by atoms with Crippen molar-refractivity contribution < 1.29 is 18.6 Å². The second-order valence-electron chi connectivity index (χ2n) is 7.34. The van der Waals surface area contributed by atoms with Crippen molar-refractivity contribution in [1.29, 1.82) is 0 Å². The van der Waals surface area contributed by atoms with E-state index in [9.17, 15) is 13.9 Å². The van der Waals surface area contributed by atoms with Gasteiger partial charge in [-0.25, -0.2) is 0 Å². The minimum atomic E-state index is -2.82. The van der Waals surface area contributed by atoms with Gasteiger partial charge in [-0.2, -0.15) is 8.78 Å². The van der Waals surface area contributed by atoms with Gasteiger partial charge in [-0.1, -0.05) is 48.0 Å². The number of alkyl halides is 2. The van der Waals surface area contributed by atoms with E-state index in [0.29, 0.717) is 13.0 Å². The van der Waals surface area contributed by atoms with Crippen LogP contribution in [-0.4, -0.2) is 53.8 Å². The van der Waals surface area contributed by atoms with E-state index in [1.165, 1.54) is 11.1 Å². The summed E-state index contributed by atoms with van der Waals surface area (Å²) in [5.74, 6) is 0.235. The smallest absolute Gasteiger partial charge is 0.387 e. The van der Waals surface area contributed by atoms with Crippen molar-refractivity contribution in [2.24, 2.45) is 0 Å². The number of aliphatic hydroxyl groups is 1. The highest BCUT2D eigenvalue weighted by Crippen LogP contribution is 2.24. The van der Waals surface area contributed by atoms with Crippen LogP contribution in [0.5, 0.6) is 5.75 Å². The number of aliphatic hydroxyl groups excluding tert-OH is 1. The molecular weight excluding hydrogens is 362 g/mol. The van der Waals surface area contributed by atoms with E-state index in [2.05, 4.69) is 45.7 Å². The lowest BCUT2D eigenvalue weighted by Crippen LogP contribution is -2.52. The summed E-state index contributed by atoms with van der Waals surface area (Å²) >= 11 is 0. The van der Waals surface area contributed by atoms with E-state index in [-0.39, 0.29) is 18.4 Å². The predicted molar refractivity (Wildman–Crippen MR) is 105 cm³/mol. The second-order valence-corrected chi connectivity index (χ2v) is 7.34. The molecule has 3 rings (SSSR count). The van der Waals surface area contributed by atoms with Crippen LogP contribution in [0.25, 0.3) is 0 Å². The van der Waals surface area contributed by atoms with Gasteiger partial charge in [0, 0.05) is 50.9 Å². The van der Waals surface area contributed by atoms with Crippen LogP contribution in [0.3, 0.4) is 0 Å². The molecule has 0 aliphatic carbocycles. The highest BCUT2D eigenvalue weighted by molar-refractivity contribution is 5.33. The topological polar surface area (TPSA) is 35.9 Å². The highest BCUT2D eigenvalue weighted by atomic mass is 19.3. The van der Waals surface area contributed by atoms with Crippen LogP contribution >= 0.6 is 0 Å². The fraction of sp³-hybridized carbons (Fsp3) is 0.455. The minimum Gasteiger partial charge on any atom is -0.434 e. The molecular formula is C22H28F2N2O2. The summed E-state index contributed by atoms with van der Waals surface area (Å²) in [6.07, 6.45) is 0.692. The molecule has 4 nitrogen and oxygen atoms in total. The number of ether oxygens (including phenoxy) is 1. The van der Waals surface area contributed by atoms with E-state index < -0.39 is 6.61 Å². The molecule has 0 radical (unpaired) electrons. The summed E-state index contributed by atoms with van der Waals surface area (Å²) in [6, 6.07) is 15.7. The van der Waals surface area contributed by atoms with Gasteiger partial charge >= 0.3 is 6.61 Å². The first kappa shape index (κ1) is 20.7. The van der Waals surface area contributed by atoms with Gasteiger partial charge in [0.05, 0.1) is 0 Å². The molecule has 2 aromatic carbocycles. The zero-order chi connectivity index (χ0) is 19.9. The third kappa shape index (κ3) is 5.74. The number of aryl methyl sites for hydroxylation is 1. The largest absolute Gasteiger partial charge is 0.434 e. The molecule has 0 amide bonds. The van der Waals surface area contributed by atoms with Gasteiger partial charge in [-0.05, 0) is 25.0 Å². The van der Waals surface area contributed by atoms with E-state index in [1.807, 2.05) is 12.1 Å². The molecule has 1 fully saturated rings. The zero-order valence-electron chi connectivity index (χ0n) is 16.2. The lowest BCUT2D eigenvalue weighted by atomic mass is 10.1. The van der Waals surface area contributed by atoms with Gasteiger partial charge in [0.2, 0.25) is 0 Å². The molecule has 1 aliphatic rings. The van der Waals surface area contributed by atoms with E-state index in [1.54, 1.807) is 12.1 Å². The minimum absolute atomic E-state index is 0.133. The van der Waals surface area contributed by atoms with Crippen molar-refractivity contribution in [3.8, 4) is 5.75 Å². The Morgan fingerprint density at radius 3 is 2.54 bits per heavy atom. The standard InChI is InChI=1S/C22H28F2N2O2/c1-17-6-8-18(9-7-17)14-26-12-11-25(16-20(26)10-13-27)15-19-4-2-3-5-21(19)28-22(23)24/h2-9,20,22,27H,10-16H2,1H3/t20-/m1/s1. The maximum Gasteiger partial charge on any atom is 0.387 e. The molecule has 152 valence electrons. The summed E-state index contributed by atoms with van der Waals surface area (Å²) in [5.41, 5.74) is 3.26. The SMILES string of the molecule is Cc1ccc(CN2CCN(Cc3ccccc3OC(F)F)C[C@H]2CCO)cc1. The summed E-state index contributed by atoms with van der Waals surface area (Å²) in [4.78, 5) is 4.65. The molecule has 1 atom stereocenters. The number of nitrogens with zero attached hydrogens (tertiary/aromatic N) is 2. The van der Waals surface area contributed by atoms with Crippen LogP contribution in [0.15, 0.2) is 48.5 Å². The predicted octanol–water partition coefficient (Wildman–Crippen LogP) is 3.67. The van der Waals surface area contributed by atoms with Gasteiger partial charge < -0.3 is 9.84 Å². The van der Waals surface area contributed by atoms with Crippen LogP contribution in [-0.2, 0) is 13.1 Å². The first-order valence-electron chi connectivity index (χ1n) is 9.70. The Balaban J connectivity index is 1.64. The summed E-state index contributed by atoms with van der Waals surface area (Å²) in [7, 11) is 0. The lowest BCUT2D eigenvalue weighted by Gasteiger charge is -2.41. The fourth-order valence-corrected chi connectivity index (χ4v) is 3.75. The Morgan fingerprint density at radius 2 is 1.82 bits per heavy atom. The summed E-state index contributed by atoms with van der Waals surface area (Å²) in [6.45, 7) is 3.30. The Kier molecular flexibility index (Phi) is 7.36. The summed E-state index contributed by atoms with van der Waals surface area (Å²) in [5, 5.41) is 9.51. The molecule has 1 heterocycles. The van der Waals surface area contributed by atoms with Gasteiger partial charge in [0.15, 0.2) is 0 Å². The van der Waals surface area contributed by atoms with Crippen LogP contribution in [0.2, 0.25) is 0 Å². The molecule has 6 heteroatoms. The molecule has 1 aliphatic heterocycles. The fourth-order valence-electron chi connectivity index (χ4n) is 3.75. The molecule has 0 spiro atoms. The molecule has 0 aromatic heterocycles. The van der Waals surface area contributed by atoms with Gasteiger partial charge in [-0.15, -0.1) is 0 Å². The maximum absolute atomic E-state index is 12.7. The van der Waals surface area contributed by atoms with Crippen LogP contribution in [0.1, 0.15) is 23.1 Å². The number of piperazine rings is 1. The van der Waals surface area contributed by atoms with Crippen molar-refractivity contribution in [3.05, 3.63) is 65.2 Å². The molecule has 1 saturated heterocycles. The Hall–Kier alpha value is -2.02. The van der Waals surface area contributed by atoms with Crippen molar-refractivity contribution in [2.45, 2.75) is 39.1 Å². The van der Waals surface area contributed by atoms with Gasteiger partial charge in [0.25, 0.3) is 0 Å². The highest BCUT2D eigenvalue weighted by Gasteiger charge is 2.27. The molecule has 1 N–H and O–H groups in total. The monoisotopic (exact) mass is 390 g/mol. The maximum atomic E-state index is 12.7. The van der Waals surface area contributed by atoms with E-state index in [4.69, 9.17) is 0 Å². The van der Waals surface area contributed by atoms with Crippen molar-refractivity contribution in [1.82, 2.24) is 9.80 Å². The van der Waals surface area contributed by atoms with Crippen LogP contribution in [0, 0.1) is 6.92 Å². The second kappa shape index (κ2) is 9.96. The van der Waals surface area contributed by atoms with Crippen molar-refractivity contribution in [2.75, 3.05) is 26.2 Å². The van der Waals surface area contributed by atoms with E-state index >= 15 is 0 Å². The zero-order valence-corrected chi connectivity index (χ0v) is 16.2. The Bertz CT molecular complexity index is 740.